The van der Waals surface area contributed by atoms with Crippen LogP contribution in [0.3, 0.4) is 0 Å². The lowest BCUT2D eigenvalue weighted by molar-refractivity contribution is -0.116. The number of hydrogen-bond acceptors (Lipinski definition) is 3. The summed E-state index contributed by atoms with van der Waals surface area (Å²) >= 11 is 0. The molecule has 2 heterocycles. The smallest absolute Gasteiger partial charge is 0.325 e. The van der Waals surface area contributed by atoms with Crippen LogP contribution < -0.4 is 10.2 Å². The van der Waals surface area contributed by atoms with E-state index in [1.54, 1.807) is 11.1 Å². The van der Waals surface area contributed by atoms with E-state index in [9.17, 15) is 9.59 Å². The number of nitrogens with zero attached hydrogens (tertiary/aromatic N) is 3. The van der Waals surface area contributed by atoms with Crippen LogP contribution in [-0.4, -0.2) is 41.0 Å². The van der Waals surface area contributed by atoms with Gasteiger partial charge in [0.15, 0.2) is 0 Å². The van der Waals surface area contributed by atoms with Gasteiger partial charge >= 0.3 is 6.03 Å². The molecule has 0 aromatic carbocycles. The first kappa shape index (κ1) is 19.2. The van der Waals surface area contributed by atoms with Crippen LogP contribution in [0.2, 0.25) is 0 Å². The molecule has 0 bridgehead atoms. The molecule has 3 amide bonds. The van der Waals surface area contributed by atoms with Crippen molar-refractivity contribution in [3.8, 4) is 0 Å². The molecular weight excluding hydrogens is 352 g/mol. The lowest BCUT2D eigenvalue weighted by Crippen LogP contribution is -2.40. The minimum absolute atomic E-state index is 0.0576. The molecule has 2 aliphatic carbocycles. The van der Waals surface area contributed by atoms with Crippen molar-refractivity contribution in [2.45, 2.75) is 76.7 Å². The van der Waals surface area contributed by atoms with Crippen LogP contribution in [0.5, 0.6) is 0 Å². The Labute approximate surface area is 167 Å². The number of aromatic nitrogens is 1. The first-order valence-corrected chi connectivity index (χ1v) is 11.0. The highest BCUT2D eigenvalue weighted by atomic mass is 16.2. The molecule has 6 nitrogen and oxygen atoms in total. The lowest BCUT2D eigenvalue weighted by atomic mass is 9.94. The Hall–Kier alpha value is -2.11. The van der Waals surface area contributed by atoms with Gasteiger partial charge in [0.1, 0.15) is 5.82 Å². The van der Waals surface area contributed by atoms with Crippen molar-refractivity contribution in [3.63, 3.8) is 0 Å². The molecule has 1 N–H and O–H groups in total. The van der Waals surface area contributed by atoms with Crippen LogP contribution in [0.4, 0.5) is 16.3 Å². The SMILES string of the molecule is O=C(CCC1CCCC1)Nc1ccc(N2CCN(C3CCCCC3)C2=O)nc1. The molecule has 152 valence electrons. The number of anilines is 2. The van der Waals surface area contributed by atoms with Gasteiger partial charge in [0, 0.05) is 25.6 Å². The molecule has 1 saturated heterocycles. The Morgan fingerprint density at radius 3 is 2.50 bits per heavy atom. The van der Waals surface area contributed by atoms with Crippen LogP contribution >= 0.6 is 0 Å². The Morgan fingerprint density at radius 1 is 1.04 bits per heavy atom. The largest absolute Gasteiger partial charge is 0.326 e. The van der Waals surface area contributed by atoms with Crippen LogP contribution in [0, 0.1) is 5.92 Å². The van der Waals surface area contributed by atoms with Crippen LogP contribution in [0.25, 0.3) is 0 Å². The number of carbonyl (C=O) groups excluding carboxylic acids is 2. The zero-order chi connectivity index (χ0) is 19.3. The number of amides is 3. The van der Waals surface area contributed by atoms with Crippen molar-refractivity contribution in [3.05, 3.63) is 18.3 Å². The molecule has 6 heteroatoms. The zero-order valence-electron chi connectivity index (χ0n) is 16.7. The van der Waals surface area contributed by atoms with E-state index in [4.69, 9.17) is 0 Å². The molecule has 0 radical (unpaired) electrons. The summed E-state index contributed by atoms with van der Waals surface area (Å²) < 4.78 is 0. The predicted octanol–water partition coefficient (Wildman–Crippen LogP) is 4.57. The summed E-state index contributed by atoms with van der Waals surface area (Å²) in [5.74, 6) is 1.45. The predicted molar refractivity (Wildman–Crippen MR) is 110 cm³/mol. The monoisotopic (exact) mass is 384 g/mol. The minimum Gasteiger partial charge on any atom is -0.325 e. The van der Waals surface area contributed by atoms with Gasteiger partial charge in [0.25, 0.3) is 0 Å². The molecule has 0 atom stereocenters. The first-order valence-electron chi connectivity index (χ1n) is 11.0. The maximum atomic E-state index is 12.8. The highest BCUT2D eigenvalue weighted by Gasteiger charge is 2.35. The normalized spacial score (nSPS) is 21.5. The minimum atomic E-state index is 0.0576. The molecule has 0 unspecified atom stereocenters. The van der Waals surface area contributed by atoms with Crippen LogP contribution in [0.1, 0.15) is 70.6 Å². The third-order valence-electron chi connectivity index (χ3n) is 6.62. The average molecular weight is 385 g/mol. The van der Waals surface area contributed by atoms with Crippen molar-refractivity contribution >= 4 is 23.4 Å². The zero-order valence-corrected chi connectivity index (χ0v) is 16.7. The highest BCUT2D eigenvalue weighted by molar-refractivity contribution is 5.94. The summed E-state index contributed by atoms with van der Waals surface area (Å²) in [5.41, 5.74) is 0.705. The Kier molecular flexibility index (Phi) is 6.13. The Balaban J connectivity index is 1.29. The molecular formula is C22H32N4O2. The van der Waals surface area contributed by atoms with Gasteiger partial charge in [-0.3, -0.25) is 9.69 Å². The van der Waals surface area contributed by atoms with Crippen LogP contribution in [0.15, 0.2) is 18.3 Å². The molecule has 1 aliphatic heterocycles. The topological polar surface area (TPSA) is 65.5 Å². The highest BCUT2D eigenvalue weighted by Crippen LogP contribution is 2.29. The lowest BCUT2D eigenvalue weighted by Gasteiger charge is -2.30. The molecule has 28 heavy (non-hydrogen) atoms. The van der Waals surface area contributed by atoms with E-state index >= 15 is 0 Å². The van der Waals surface area contributed by atoms with E-state index < -0.39 is 0 Å². The van der Waals surface area contributed by atoms with Gasteiger partial charge in [-0.25, -0.2) is 9.78 Å². The summed E-state index contributed by atoms with van der Waals surface area (Å²) in [4.78, 5) is 33.2. The maximum absolute atomic E-state index is 12.8. The number of pyridine rings is 1. The van der Waals surface area contributed by atoms with E-state index in [1.807, 2.05) is 17.0 Å². The van der Waals surface area contributed by atoms with E-state index in [2.05, 4.69) is 10.3 Å². The van der Waals surface area contributed by atoms with Gasteiger partial charge in [-0.15, -0.1) is 0 Å². The third-order valence-corrected chi connectivity index (χ3v) is 6.62. The van der Waals surface area contributed by atoms with Gasteiger partial charge in [0.05, 0.1) is 11.9 Å². The quantitative estimate of drug-likeness (QED) is 0.781. The average Bonchev–Trinajstić information content (AvgIpc) is 3.37. The van der Waals surface area contributed by atoms with Crippen LogP contribution in [-0.2, 0) is 4.79 Å². The van der Waals surface area contributed by atoms with Gasteiger partial charge in [-0.05, 0) is 37.3 Å². The molecule has 1 aromatic heterocycles. The summed E-state index contributed by atoms with van der Waals surface area (Å²) in [7, 11) is 0. The summed E-state index contributed by atoms with van der Waals surface area (Å²) in [6, 6.07) is 4.17. The van der Waals surface area contributed by atoms with Crippen molar-refractivity contribution in [1.29, 1.82) is 0 Å². The second-order valence-electron chi connectivity index (χ2n) is 8.56. The molecule has 2 saturated carbocycles. The van der Waals surface area contributed by atoms with Crippen molar-refractivity contribution < 1.29 is 9.59 Å². The fraction of sp³-hybridized carbons (Fsp3) is 0.682. The number of carbonyl (C=O) groups is 2. The second kappa shape index (κ2) is 8.93. The van der Waals surface area contributed by atoms with Crippen molar-refractivity contribution in [2.24, 2.45) is 5.92 Å². The van der Waals surface area contributed by atoms with Crippen molar-refractivity contribution in [1.82, 2.24) is 9.88 Å². The molecule has 4 rings (SSSR count). The fourth-order valence-corrected chi connectivity index (χ4v) is 4.98. The van der Waals surface area contributed by atoms with Gasteiger partial charge < -0.3 is 10.2 Å². The third kappa shape index (κ3) is 4.47. The number of urea groups is 1. The van der Waals surface area contributed by atoms with E-state index in [1.165, 1.54) is 44.9 Å². The summed E-state index contributed by atoms with van der Waals surface area (Å²) in [6.45, 7) is 1.47. The summed E-state index contributed by atoms with van der Waals surface area (Å²) in [5, 5.41) is 2.94. The van der Waals surface area contributed by atoms with E-state index in [0.29, 0.717) is 30.5 Å². The van der Waals surface area contributed by atoms with Gasteiger partial charge in [-0.2, -0.15) is 0 Å². The van der Waals surface area contributed by atoms with E-state index in [0.717, 1.165) is 31.7 Å². The Bertz CT molecular complexity index is 678. The number of rotatable bonds is 6. The maximum Gasteiger partial charge on any atom is 0.326 e. The summed E-state index contributed by atoms with van der Waals surface area (Å²) in [6.07, 6.45) is 14.4. The van der Waals surface area contributed by atoms with Gasteiger partial charge in [-0.1, -0.05) is 44.9 Å². The molecule has 1 aromatic rings. The number of hydrogen-bond donors (Lipinski definition) is 1. The standard InChI is InChI=1S/C22H32N4O2/c27-21(13-10-17-6-4-5-7-17)24-18-11-12-20(23-16-18)26-15-14-25(22(26)28)19-8-2-1-3-9-19/h11-12,16-17,19H,1-10,13-15H2,(H,24,27). The van der Waals surface area contributed by atoms with Gasteiger partial charge in [0.2, 0.25) is 5.91 Å². The van der Waals surface area contributed by atoms with E-state index in [-0.39, 0.29) is 11.9 Å². The van der Waals surface area contributed by atoms with Crippen molar-refractivity contribution in [2.75, 3.05) is 23.3 Å². The second-order valence-corrected chi connectivity index (χ2v) is 8.56. The number of nitrogens with one attached hydrogen (secondary N) is 1. The Morgan fingerprint density at radius 2 is 1.79 bits per heavy atom. The molecule has 3 fully saturated rings. The first-order chi connectivity index (χ1) is 13.7. The molecule has 3 aliphatic rings. The fourth-order valence-electron chi connectivity index (χ4n) is 4.98. The molecule has 0 spiro atoms.